The Morgan fingerprint density at radius 1 is 1.55 bits per heavy atom. The fourth-order valence-electron chi connectivity index (χ4n) is 1.55. The molecule has 0 spiro atoms. The number of ether oxygens (including phenoxy) is 1. The Morgan fingerprint density at radius 3 is 3.10 bits per heavy atom. The SMILES string of the molecule is CCOC(=O)C[C@H](C)SCc1nc(-c2ccoc2)no1. The summed E-state index contributed by atoms with van der Waals surface area (Å²) in [6, 6.07) is 1.77. The summed E-state index contributed by atoms with van der Waals surface area (Å²) in [4.78, 5) is 15.6. The van der Waals surface area contributed by atoms with Gasteiger partial charge in [-0.15, -0.1) is 11.8 Å². The van der Waals surface area contributed by atoms with Gasteiger partial charge < -0.3 is 13.7 Å². The molecule has 0 aromatic carbocycles. The molecule has 2 rings (SSSR count). The quantitative estimate of drug-likeness (QED) is 0.727. The first-order valence-corrected chi connectivity index (χ1v) is 7.36. The Labute approximate surface area is 120 Å². The Morgan fingerprint density at radius 2 is 2.40 bits per heavy atom. The molecule has 1 atom stereocenters. The summed E-state index contributed by atoms with van der Waals surface area (Å²) in [5.74, 6) is 1.41. The summed E-state index contributed by atoms with van der Waals surface area (Å²) in [6.07, 6.45) is 3.49. The standard InChI is InChI=1S/C13H16N2O4S/c1-3-18-12(16)6-9(2)20-8-11-14-13(15-19-11)10-4-5-17-7-10/h4-5,7,9H,3,6,8H2,1-2H3/t9-/m0/s1. The molecule has 0 amide bonds. The predicted octanol–water partition coefficient (Wildman–Crippen LogP) is 2.90. The Balaban J connectivity index is 1.81. The third-order valence-electron chi connectivity index (χ3n) is 2.50. The molecule has 7 heteroatoms. The van der Waals surface area contributed by atoms with Gasteiger partial charge in [0.05, 0.1) is 30.6 Å². The zero-order chi connectivity index (χ0) is 14.4. The highest BCUT2D eigenvalue weighted by atomic mass is 32.2. The molecule has 108 valence electrons. The lowest BCUT2D eigenvalue weighted by atomic mass is 10.3. The summed E-state index contributed by atoms with van der Waals surface area (Å²) >= 11 is 1.57. The number of furan rings is 1. The highest BCUT2D eigenvalue weighted by Crippen LogP contribution is 2.22. The van der Waals surface area contributed by atoms with E-state index in [0.29, 0.717) is 30.5 Å². The molecule has 2 aromatic heterocycles. The second-order valence-electron chi connectivity index (χ2n) is 4.15. The lowest BCUT2D eigenvalue weighted by Crippen LogP contribution is -2.10. The maximum Gasteiger partial charge on any atom is 0.306 e. The van der Waals surface area contributed by atoms with E-state index in [-0.39, 0.29) is 11.2 Å². The van der Waals surface area contributed by atoms with E-state index in [1.807, 2.05) is 6.92 Å². The van der Waals surface area contributed by atoms with Crippen LogP contribution < -0.4 is 0 Å². The van der Waals surface area contributed by atoms with Crippen molar-refractivity contribution in [2.75, 3.05) is 6.61 Å². The van der Waals surface area contributed by atoms with Crippen LogP contribution in [-0.4, -0.2) is 28.0 Å². The number of nitrogens with zero attached hydrogens (tertiary/aromatic N) is 2. The van der Waals surface area contributed by atoms with Crippen LogP contribution >= 0.6 is 11.8 Å². The molecule has 6 nitrogen and oxygen atoms in total. The number of esters is 1. The van der Waals surface area contributed by atoms with Crippen molar-refractivity contribution in [1.82, 2.24) is 10.1 Å². The molecule has 0 aliphatic carbocycles. The average Bonchev–Trinajstić information content (AvgIpc) is 3.07. The molecule has 0 radical (unpaired) electrons. The highest BCUT2D eigenvalue weighted by Gasteiger charge is 2.14. The molecular formula is C13H16N2O4S. The number of aromatic nitrogens is 2. The lowest BCUT2D eigenvalue weighted by Gasteiger charge is -2.08. The van der Waals surface area contributed by atoms with Crippen molar-refractivity contribution < 1.29 is 18.5 Å². The first-order chi connectivity index (χ1) is 9.69. The number of carbonyl (C=O) groups excluding carboxylic acids is 1. The zero-order valence-corrected chi connectivity index (χ0v) is 12.2. The minimum atomic E-state index is -0.183. The molecule has 0 fully saturated rings. The summed E-state index contributed by atoms with van der Waals surface area (Å²) in [6.45, 7) is 4.18. The number of hydrogen-bond acceptors (Lipinski definition) is 7. The largest absolute Gasteiger partial charge is 0.472 e. The number of carbonyl (C=O) groups is 1. The van der Waals surface area contributed by atoms with Crippen LogP contribution in [0.1, 0.15) is 26.2 Å². The van der Waals surface area contributed by atoms with Gasteiger partial charge in [0.25, 0.3) is 0 Å². The van der Waals surface area contributed by atoms with Crippen LogP contribution in [0.3, 0.4) is 0 Å². The number of thioether (sulfide) groups is 1. The fraction of sp³-hybridized carbons (Fsp3) is 0.462. The van der Waals surface area contributed by atoms with Gasteiger partial charge in [-0.2, -0.15) is 4.98 Å². The first-order valence-electron chi connectivity index (χ1n) is 6.31. The number of rotatable bonds is 7. The van der Waals surface area contributed by atoms with Crippen LogP contribution in [0.5, 0.6) is 0 Å². The molecule has 2 heterocycles. The van der Waals surface area contributed by atoms with E-state index in [9.17, 15) is 4.79 Å². The van der Waals surface area contributed by atoms with Crippen molar-refractivity contribution in [3.63, 3.8) is 0 Å². The second-order valence-corrected chi connectivity index (χ2v) is 5.58. The molecule has 0 bridgehead atoms. The molecular weight excluding hydrogens is 280 g/mol. The molecule has 0 saturated carbocycles. The van der Waals surface area contributed by atoms with Crippen LogP contribution in [-0.2, 0) is 15.3 Å². The van der Waals surface area contributed by atoms with Gasteiger partial charge in [-0.05, 0) is 13.0 Å². The Bertz CT molecular complexity index is 538. The maximum absolute atomic E-state index is 11.3. The molecule has 2 aromatic rings. The topological polar surface area (TPSA) is 78.4 Å². The van der Waals surface area contributed by atoms with Gasteiger partial charge in [-0.25, -0.2) is 0 Å². The molecule has 0 aliphatic rings. The Hall–Kier alpha value is -1.76. The van der Waals surface area contributed by atoms with Crippen LogP contribution in [0.2, 0.25) is 0 Å². The van der Waals surface area contributed by atoms with E-state index < -0.39 is 0 Å². The van der Waals surface area contributed by atoms with Crippen molar-refractivity contribution in [2.45, 2.75) is 31.3 Å². The van der Waals surface area contributed by atoms with E-state index in [1.165, 1.54) is 0 Å². The second kappa shape index (κ2) is 7.14. The van der Waals surface area contributed by atoms with Crippen molar-refractivity contribution in [1.29, 1.82) is 0 Å². The van der Waals surface area contributed by atoms with Crippen LogP contribution in [0, 0.1) is 0 Å². The lowest BCUT2D eigenvalue weighted by molar-refractivity contribution is -0.142. The summed E-state index contributed by atoms with van der Waals surface area (Å²) in [5, 5.41) is 4.01. The van der Waals surface area contributed by atoms with Crippen LogP contribution in [0.4, 0.5) is 0 Å². The van der Waals surface area contributed by atoms with Gasteiger partial charge in [0.1, 0.15) is 6.26 Å². The average molecular weight is 296 g/mol. The molecule has 0 unspecified atom stereocenters. The van der Waals surface area contributed by atoms with E-state index in [2.05, 4.69) is 10.1 Å². The minimum Gasteiger partial charge on any atom is -0.472 e. The zero-order valence-electron chi connectivity index (χ0n) is 11.4. The van der Waals surface area contributed by atoms with Gasteiger partial charge in [-0.3, -0.25) is 4.79 Å². The summed E-state index contributed by atoms with van der Waals surface area (Å²) in [7, 11) is 0. The van der Waals surface area contributed by atoms with Gasteiger partial charge in [-0.1, -0.05) is 12.1 Å². The van der Waals surface area contributed by atoms with Crippen LogP contribution in [0.25, 0.3) is 11.4 Å². The summed E-state index contributed by atoms with van der Waals surface area (Å²) < 4.78 is 15.0. The third kappa shape index (κ3) is 4.12. The van der Waals surface area contributed by atoms with Crippen molar-refractivity contribution in [3.05, 3.63) is 24.5 Å². The summed E-state index contributed by atoms with van der Waals surface area (Å²) in [5.41, 5.74) is 0.782. The smallest absolute Gasteiger partial charge is 0.306 e. The van der Waals surface area contributed by atoms with E-state index in [4.69, 9.17) is 13.7 Å². The molecule has 0 aliphatic heterocycles. The number of hydrogen-bond donors (Lipinski definition) is 0. The van der Waals surface area contributed by atoms with Crippen molar-refractivity contribution >= 4 is 17.7 Å². The van der Waals surface area contributed by atoms with Gasteiger partial charge in [0, 0.05) is 5.25 Å². The van der Waals surface area contributed by atoms with E-state index in [1.54, 1.807) is 37.3 Å². The maximum atomic E-state index is 11.3. The van der Waals surface area contributed by atoms with Crippen molar-refractivity contribution in [3.8, 4) is 11.4 Å². The molecule has 0 saturated heterocycles. The van der Waals surface area contributed by atoms with Gasteiger partial charge in [0.15, 0.2) is 0 Å². The first kappa shape index (κ1) is 14.6. The monoisotopic (exact) mass is 296 g/mol. The normalized spacial score (nSPS) is 12.3. The minimum absolute atomic E-state index is 0.137. The Kier molecular flexibility index (Phi) is 5.23. The van der Waals surface area contributed by atoms with Gasteiger partial charge >= 0.3 is 5.97 Å². The van der Waals surface area contributed by atoms with Crippen molar-refractivity contribution in [2.24, 2.45) is 0 Å². The van der Waals surface area contributed by atoms with E-state index in [0.717, 1.165) is 5.56 Å². The fourth-order valence-corrected chi connectivity index (χ4v) is 2.35. The van der Waals surface area contributed by atoms with Crippen LogP contribution in [0.15, 0.2) is 27.5 Å². The molecule has 20 heavy (non-hydrogen) atoms. The van der Waals surface area contributed by atoms with Gasteiger partial charge in [0.2, 0.25) is 11.7 Å². The molecule has 0 N–H and O–H groups in total. The van der Waals surface area contributed by atoms with E-state index >= 15 is 0 Å². The predicted molar refractivity (Wildman–Crippen MR) is 74.0 cm³/mol. The third-order valence-corrected chi connectivity index (χ3v) is 3.65. The highest BCUT2D eigenvalue weighted by molar-refractivity contribution is 7.99.